The van der Waals surface area contributed by atoms with Gasteiger partial charge in [-0.05, 0) is 29.8 Å². The summed E-state index contributed by atoms with van der Waals surface area (Å²) in [7, 11) is 4.09. The van der Waals surface area contributed by atoms with Crippen LogP contribution in [-0.2, 0) is 0 Å². The molecule has 3 nitrogen and oxygen atoms in total. The van der Waals surface area contributed by atoms with Crippen LogP contribution in [0.25, 0.3) is 22.2 Å². The van der Waals surface area contributed by atoms with E-state index in [1.54, 1.807) is 0 Å². The van der Waals surface area contributed by atoms with Crippen LogP contribution < -0.4 is 4.90 Å². The smallest absolute Gasteiger partial charge is 0.137 e. The maximum atomic E-state index is 4.41. The second-order valence-corrected chi connectivity index (χ2v) is 4.58. The average Bonchev–Trinajstić information content (AvgIpc) is 2.86. The number of nitrogens with zero attached hydrogens (tertiary/aromatic N) is 2. The van der Waals surface area contributed by atoms with Crippen molar-refractivity contribution in [3.63, 3.8) is 0 Å². The van der Waals surface area contributed by atoms with Gasteiger partial charge < -0.3 is 9.88 Å². The lowest BCUT2D eigenvalue weighted by Crippen LogP contribution is -2.07. The van der Waals surface area contributed by atoms with Gasteiger partial charge in [-0.2, -0.15) is 0 Å². The highest BCUT2D eigenvalue weighted by atomic mass is 15.1. The highest BCUT2D eigenvalue weighted by molar-refractivity contribution is 5.81. The predicted molar refractivity (Wildman–Crippen MR) is 75.9 cm³/mol. The monoisotopic (exact) mass is 237 g/mol. The van der Waals surface area contributed by atoms with Gasteiger partial charge in [-0.3, -0.25) is 0 Å². The summed E-state index contributed by atoms with van der Waals surface area (Å²) in [6.07, 6.45) is 3.82. The summed E-state index contributed by atoms with van der Waals surface area (Å²) in [5.74, 6) is 0. The van der Waals surface area contributed by atoms with Crippen molar-refractivity contribution in [1.29, 1.82) is 0 Å². The number of hydrogen-bond donors (Lipinski definition) is 1. The summed E-state index contributed by atoms with van der Waals surface area (Å²) in [4.78, 5) is 9.61. The SMILES string of the molecule is CN(C)c1ccc(-c2cnc3[nH]ccc3c2)cc1. The van der Waals surface area contributed by atoms with Crippen molar-refractivity contribution in [2.24, 2.45) is 0 Å². The van der Waals surface area contributed by atoms with Gasteiger partial charge in [-0.15, -0.1) is 0 Å². The van der Waals surface area contributed by atoms with E-state index in [1.807, 2.05) is 32.6 Å². The van der Waals surface area contributed by atoms with Crippen LogP contribution in [0.1, 0.15) is 0 Å². The third-order valence-electron chi connectivity index (χ3n) is 3.12. The van der Waals surface area contributed by atoms with Gasteiger partial charge in [-0.1, -0.05) is 12.1 Å². The normalized spacial score (nSPS) is 10.8. The number of H-pyrrole nitrogens is 1. The van der Waals surface area contributed by atoms with Crippen molar-refractivity contribution in [2.45, 2.75) is 0 Å². The molecule has 0 atom stereocenters. The first-order valence-electron chi connectivity index (χ1n) is 5.95. The van der Waals surface area contributed by atoms with Gasteiger partial charge in [0.15, 0.2) is 0 Å². The fourth-order valence-corrected chi connectivity index (χ4v) is 2.05. The molecule has 0 aliphatic carbocycles. The molecule has 0 spiro atoms. The summed E-state index contributed by atoms with van der Waals surface area (Å²) in [5, 5.41) is 1.14. The number of hydrogen-bond acceptors (Lipinski definition) is 2. The molecule has 0 unspecified atom stereocenters. The number of rotatable bonds is 2. The first kappa shape index (κ1) is 10.8. The number of pyridine rings is 1. The summed E-state index contributed by atoms with van der Waals surface area (Å²) in [6.45, 7) is 0. The van der Waals surface area contributed by atoms with E-state index in [1.165, 1.54) is 11.3 Å². The Morgan fingerprint density at radius 2 is 1.78 bits per heavy atom. The van der Waals surface area contributed by atoms with Gasteiger partial charge in [0.1, 0.15) is 5.65 Å². The van der Waals surface area contributed by atoms with Gasteiger partial charge in [0.2, 0.25) is 0 Å². The molecule has 3 rings (SSSR count). The minimum Gasteiger partial charge on any atom is -0.378 e. The molecule has 2 aromatic heterocycles. The molecule has 1 aromatic carbocycles. The van der Waals surface area contributed by atoms with E-state index < -0.39 is 0 Å². The summed E-state index contributed by atoms with van der Waals surface area (Å²) >= 11 is 0. The number of fused-ring (bicyclic) bond motifs is 1. The second kappa shape index (κ2) is 4.18. The van der Waals surface area contributed by atoms with Crippen LogP contribution >= 0.6 is 0 Å². The Labute approximate surface area is 106 Å². The fraction of sp³-hybridized carbons (Fsp3) is 0.133. The maximum Gasteiger partial charge on any atom is 0.137 e. The number of aromatic nitrogens is 2. The lowest BCUT2D eigenvalue weighted by molar-refractivity contribution is 1.13. The van der Waals surface area contributed by atoms with Gasteiger partial charge in [-0.25, -0.2) is 4.98 Å². The van der Waals surface area contributed by atoms with Crippen LogP contribution in [0.2, 0.25) is 0 Å². The molecule has 18 heavy (non-hydrogen) atoms. The fourth-order valence-electron chi connectivity index (χ4n) is 2.05. The molecule has 2 heterocycles. The van der Waals surface area contributed by atoms with E-state index in [2.05, 4.69) is 45.2 Å². The minimum absolute atomic E-state index is 0.934. The van der Waals surface area contributed by atoms with Crippen LogP contribution in [0.15, 0.2) is 48.8 Å². The summed E-state index contributed by atoms with van der Waals surface area (Å²) < 4.78 is 0. The van der Waals surface area contributed by atoms with Gasteiger partial charge in [0.05, 0.1) is 0 Å². The molecule has 0 radical (unpaired) electrons. The number of nitrogens with one attached hydrogen (secondary N) is 1. The zero-order valence-corrected chi connectivity index (χ0v) is 10.5. The van der Waals surface area contributed by atoms with Crippen LogP contribution in [0.4, 0.5) is 5.69 Å². The number of aromatic amines is 1. The molecule has 0 saturated carbocycles. The number of anilines is 1. The lowest BCUT2D eigenvalue weighted by Gasteiger charge is -2.12. The third kappa shape index (κ3) is 1.84. The van der Waals surface area contributed by atoms with E-state index in [0.717, 1.165) is 16.6 Å². The molecule has 0 amide bonds. The molecule has 0 aliphatic heterocycles. The minimum atomic E-state index is 0.934. The first-order valence-corrected chi connectivity index (χ1v) is 5.95. The largest absolute Gasteiger partial charge is 0.378 e. The van der Waals surface area contributed by atoms with E-state index in [0.29, 0.717) is 0 Å². The Hall–Kier alpha value is -2.29. The molecule has 0 fully saturated rings. The Bertz CT molecular complexity index is 666. The zero-order chi connectivity index (χ0) is 12.5. The average molecular weight is 237 g/mol. The Kier molecular flexibility index (Phi) is 2.52. The van der Waals surface area contributed by atoms with Crippen LogP contribution in [-0.4, -0.2) is 24.1 Å². The molecule has 0 saturated heterocycles. The van der Waals surface area contributed by atoms with E-state index in [-0.39, 0.29) is 0 Å². The standard InChI is InChI=1S/C15H15N3/c1-18(2)14-5-3-11(4-6-14)13-9-12-7-8-16-15(12)17-10-13/h3-10H,1-2H3,(H,16,17). The van der Waals surface area contributed by atoms with Crippen molar-refractivity contribution in [3.05, 3.63) is 48.8 Å². The molecule has 0 bridgehead atoms. The highest BCUT2D eigenvalue weighted by Crippen LogP contribution is 2.24. The first-order chi connectivity index (χ1) is 8.74. The van der Waals surface area contributed by atoms with Crippen molar-refractivity contribution in [1.82, 2.24) is 9.97 Å². The number of benzene rings is 1. The van der Waals surface area contributed by atoms with Crippen molar-refractivity contribution < 1.29 is 0 Å². The summed E-state index contributed by atoms with van der Waals surface area (Å²) in [5.41, 5.74) is 4.47. The summed E-state index contributed by atoms with van der Waals surface area (Å²) in [6, 6.07) is 12.7. The van der Waals surface area contributed by atoms with Crippen LogP contribution in [0.3, 0.4) is 0 Å². The maximum absolute atomic E-state index is 4.41. The van der Waals surface area contributed by atoms with Gasteiger partial charge >= 0.3 is 0 Å². The topological polar surface area (TPSA) is 31.9 Å². The van der Waals surface area contributed by atoms with Crippen molar-refractivity contribution >= 4 is 16.7 Å². The lowest BCUT2D eigenvalue weighted by atomic mass is 10.1. The molecular formula is C15H15N3. The van der Waals surface area contributed by atoms with Gasteiger partial charge in [0.25, 0.3) is 0 Å². The Balaban J connectivity index is 2.02. The Morgan fingerprint density at radius 1 is 1.00 bits per heavy atom. The van der Waals surface area contributed by atoms with Gasteiger partial charge in [0, 0.05) is 43.1 Å². The molecular weight excluding hydrogens is 222 g/mol. The second-order valence-electron chi connectivity index (χ2n) is 4.58. The van der Waals surface area contributed by atoms with Crippen molar-refractivity contribution in [2.75, 3.05) is 19.0 Å². The van der Waals surface area contributed by atoms with Crippen LogP contribution in [0, 0.1) is 0 Å². The molecule has 90 valence electrons. The molecule has 3 heteroatoms. The van der Waals surface area contributed by atoms with E-state index in [4.69, 9.17) is 0 Å². The molecule has 0 aliphatic rings. The highest BCUT2D eigenvalue weighted by Gasteiger charge is 2.02. The van der Waals surface area contributed by atoms with Crippen molar-refractivity contribution in [3.8, 4) is 11.1 Å². The molecule has 3 aromatic rings. The van der Waals surface area contributed by atoms with E-state index in [9.17, 15) is 0 Å². The quantitative estimate of drug-likeness (QED) is 0.741. The third-order valence-corrected chi connectivity index (χ3v) is 3.12. The Morgan fingerprint density at radius 3 is 2.50 bits per heavy atom. The predicted octanol–water partition coefficient (Wildman–Crippen LogP) is 3.30. The van der Waals surface area contributed by atoms with E-state index >= 15 is 0 Å². The van der Waals surface area contributed by atoms with Crippen LogP contribution in [0.5, 0.6) is 0 Å². The molecule has 1 N–H and O–H groups in total. The zero-order valence-electron chi connectivity index (χ0n) is 10.5.